The van der Waals surface area contributed by atoms with Gasteiger partial charge in [0.2, 0.25) is 0 Å². The van der Waals surface area contributed by atoms with Gasteiger partial charge in [0.1, 0.15) is 0 Å². The third kappa shape index (κ3) is 2.95. The molecule has 1 heterocycles. The number of ether oxygens (including phenoxy) is 1. The summed E-state index contributed by atoms with van der Waals surface area (Å²) in [6.45, 7) is 4.91. The molecule has 1 saturated carbocycles. The maximum atomic E-state index is 6.53. The highest BCUT2D eigenvalue weighted by Gasteiger charge is 2.40. The van der Waals surface area contributed by atoms with Gasteiger partial charge >= 0.3 is 0 Å². The van der Waals surface area contributed by atoms with E-state index in [4.69, 9.17) is 10.5 Å². The smallest absolute Gasteiger partial charge is 0.0836 e. The summed E-state index contributed by atoms with van der Waals surface area (Å²) in [6.07, 6.45) is 6.35. The molecule has 1 aliphatic rings. The van der Waals surface area contributed by atoms with Gasteiger partial charge < -0.3 is 10.5 Å². The van der Waals surface area contributed by atoms with Gasteiger partial charge in [-0.3, -0.25) is 4.68 Å². The quantitative estimate of drug-likeness (QED) is 0.863. The van der Waals surface area contributed by atoms with E-state index >= 15 is 0 Å². The Morgan fingerprint density at radius 2 is 2.05 bits per heavy atom. The van der Waals surface area contributed by atoms with E-state index in [2.05, 4.69) is 34.9 Å². The number of nitrogens with zero attached hydrogens (tertiary/aromatic N) is 2. The summed E-state index contributed by atoms with van der Waals surface area (Å²) >= 11 is 3.68. The molecule has 4 nitrogen and oxygen atoms in total. The Bertz CT molecular complexity index is 452. The van der Waals surface area contributed by atoms with E-state index in [1.165, 1.54) is 18.5 Å². The Balaban J connectivity index is 2.18. The Hall–Kier alpha value is -0.390. The predicted molar refractivity (Wildman–Crippen MR) is 84.8 cm³/mol. The molecule has 0 bridgehead atoms. The Morgan fingerprint density at radius 1 is 1.40 bits per heavy atom. The molecule has 1 unspecified atom stereocenters. The summed E-state index contributed by atoms with van der Waals surface area (Å²) in [5.74, 6) is 0. The largest absolute Gasteiger partial charge is 0.374 e. The highest BCUT2D eigenvalue weighted by atomic mass is 79.9. The van der Waals surface area contributed by atoms with E-state index in [1.807, 2.05) is 11.7 Å². The van der Waals surface area contributed by atoms with Crippen LogP contribution in [0.25, 0.3) is 0 Å². The van der Waals surface area contributed by atoms with Crippen LogP contribution in [0.2, 0.25) is 0 Å². The van der Waals surface area contributed by atoms with E-state index in [0.717, 1.165) is 42.5 Å². The second-order valence-corrected chi connectivity index (χ2v) is 6.49. The van der Waals surface area contributed by atoms with Crippen molar-refractivity contribution in [2.45, 2.75) is 64.0 Å². The molecule has 0 aliphatic heterocycles. The lowest BCUT2D eigenvalue weighted by Crippen LogP contribution is -2.49. The topological polar surface area (TPSA) is 53.1 Å². The number of aryl methyl sites for hydroxylation is 2. The number of nitrogens with two attached hydrogens (primary N) is 1. The fourth-order valence-corrected chi connectivity index (χ4v) is 4.10. The lowest BCUT2D eigenvalue weighted by Gasteiger charge is -2.35. The van der Waals surface area contributed by atoms with Gasteiger partial charge in [-0.1, -0.05) is 19.8 Å². The average Bonchev–Trinajstić information content (AvgIpc) is 3.00. The molecule has 2 rings (SSSR count). The van der Waals surface area contributed by atoms with Gasteiger partial charge in [-0.05, 0) is 42.1 Å². The minimum absolute atomic E-state index is 0.0290. The standard InChI is InChI=1S/C15H26BrN3O/c1-4-11-14(16)12(19(3)18-11)10-13(17)15(20-5-2)8-6-7-9-15/h13H,4-10,17H2,1-3H3. The molecule has 114 valence electrons. The van der Waals surface area contributed by atoms with E-state index in [-0.39, 0.29) is 11.6 Å². The zero-order valence-corrected chi connectivity index (χ0v) is 14.4. The number of hydrogen-bond donors (Lipinski definition) is 1. The van der Waals surface area contributed by atoms with E-state index in [0.29, 0.717) is 0 Å². The molecule has 1 aromatic heterocycles. The van der Waals surface area contributed by atoms with Gasteiger partial charge in [-0.2, -0.15) is 5.10 Å². The van der Waals surface area contributed by atoms with Crippen LogP contribution in [0, 0.1) is 0 Å². The minimum atomic E-state index is -0.134. The first-order chi connectivity index (χ1) is 9.54. The zero-order valence-electron chi connectivity index (χ0n) is 12.8. The SMILES string of the molecule is CCOC1(C(N)Cc2c(Br)c(CC)nn2C)CCCC1. The Kier molecular flexibility index (Phi) is 5.26. The second-order valence-electron chi connectivity index (χ2n) is 5.70. The lowest BCUT2D eigenvalue weighted by atomic mass is 9.89. The third-order valence-corrected chi connectivity index (χ3v) is 5.39. The van der Waals surface area contributed by atoms with Gasteiger partial charge in [0.25, 0.3) is 0 Å². The molecule has 0 radical (unpaired) electrons. The molecule has 0 spiro atoms. The first-order valence-electron chi connectivity index (χ1n) is 7.63. The van der Waals surface area contributed by atoms with Crippen LogP contribution in [0.5, 0.6) is 0 Å². The van der Waals surface area contributed by atoms with Crippen molar-refractivity contribution in [2.24, 2.45) is 12.8 Å². The van der Waals surface area contributed by atoms with Crippen LogP contribution in [-0.4, -0.2) is 28.0 Å². The van der Waals surface area contributed by atoms with Crippen LogP contribution in [0.3, 0.4) is 0 Å². The lowest BCUT2D eigenvalue weighted by molar-refractivity contribution is -0.0528. The zero-order chi connectivity index (χ0) is 14.8. The minimum Gasteiger partial charge on any atom is -0.374 e. The normalized spacial score (nSPS) is 19.4. The molecule has 20 heavy (non-hydrogen) atoms. The van der Waals surface area contributed by atoms with Gasteiger partial charge in [-0.15, -0.1) is 0 Å². The van der Waals surface area contributed by atoms with Crippen molar-refractivity contribution >= 4 is 15.9 Å². The molecule has 1 atom stereocenters. The first-order valence-corrected chi connectivity index (χ1v) is 8.43. The molecular weight excluding hydrogens is 318 g/mol. The molecule has 0 aromatic carbocycles. The van der Waals surface area contributed by atoms with Crippen LogP contribution < -0.4 is 5.73 Å². The summed E-state index contributed by atoms with van der Waals surface area (Å²) in [5.41, 5.74) is 8.68. The van der Waals surface area contributed by atoms with Gasteiger partial charge in [-0.25, -0.2) is 0 Å². The summed E-state index contributed by atoms with van der Waals surface area (Å²) < 4.78 is 9.14. The molecular formula is C15H26BrN3O. The summed E-state index contributed by atoms with van der Waals surface area (Å²) in [4.78, 5) is 0. The van der Waals surface area contributed by atoms with Crippen molar-refractivity contribution in [2.75, 3.05) is 6.61 Å². The summed E-state index contributed by atoms with van der Waals surface area (Å²) in [6, 6.07) is 0.0290. The maximum Gasteiger partial charge on any atom is 0.0836 e. The van der Waals surface area contributed by atoms with Crippen molar-refractivity contribution in [1.82, 2.24) is 9.78 Å². The van der Waals surface area contributed by atoms with Crippen molar-refractivity contribution in [3.05, 3.63) is 15.9 Å². The molecule has 1 aromatic rings. The average molecular weight is 344 g/mol. The third-order valence-electron chi connectivity index (χ3n) is 4.47. The van der Waals surface area contributed by atoms with Crippen molar-refractivity contribution in [3.63, 3.8) is 0 Å². The van der Waals surface area contributed by atoms with Gasteiger partial charge in [0, 0.05) is 26.1 Å². The number of aromatic nitrogens is 2. The molecule has 1 aliphatic carbocycles. The number of hydrogen-bond acceptors (Lipinski definition) is 3. The summed E-state index contributed by atoms with van der Waals surface area (Å²) in [5, 5.41) is 4.55. The maximum absolute atomic E-state index is 6.53. The second kappa shape index (κ2) is 6.58. The monoisotopic (exact) mass is 343 g/mol. The van der Waals surface area contributed by atoms with E-state index in [9.17, 15) is 0 Å². The van der Waals surface area contributed by atoms with Crippen molar-refractivity contribution in [1.29, 1.82) is 0 Å². The number of rotatable bonds is 6. The summed E-state index contributed by atoms with van der Waals surface area (Å²) in [7, 11) is 1.99. The van der Waals surface area contributed by atoms with Crippen LogP contribution >= 0.6 is 15.9 Å². The first kappa shape index (κ1) is 16.0. The van der Waals surface area contributed by atoms with Crippen LogP contribution in [-0.2, 0) is 24.6 Å². The van der Waals surface area contributed by atoms with Crippen molar-refractivity contribution < 1.29 is 4.74 Å². The molecule has 0 amide bonds. The highest BCUT2D eigenvalue weighted by Crippen LogP contribution is 2.37. The molecule has 0 saturated heterocycles. The molecule has 1 fully saturated rings. The van der Waals surface area contributed by atoms with Gasteiger partial charge in [0.15, 0.2) is 0 Å². The van der Waals surface area contributed by atoms with Gasteiger partial charge in [0.05, 0.1) is 21.5 Å². The fraction of sp³-hybridized carbons (Fsp3) is 0.800. The van der Waals surface area contributed by atoms with E-state index in [1.54, 1.807) is 0 Å². The highest BCUT2D eigenvalue weighted by molar-refractivity contribution is 9.10. The fourth-order valence-electron chi connectivity index (χ4n) is 3.32. The van der Waals surface area contributed by atoms with Crippen molar-refractivity contribution in [3.8, 4) is 0 Å². The van der Waals surface area contributed by atoms with Crippen LogP contribution in [0.4, 0.5) is 0 Å². The number of halogens is 1. The molecule has 5 heteroatoms. The Labute approximate surface area is 130 Å². The van der Waals surface area contributed by atoms with Crippen LogP contribution in [0.15, 0.2) is 4.47 Å². The van der Waals surface area contributed by atoms with Crippen LogP contribution in [0.1, 0.15) is 50.9 Å². The van der Waals surface area contributed by atoms with E-state index < -0.39 is 0 Å². The Morgan fingerprint density at radius 3 is 2.55 bits per heavy atom. The molecule has 2 N–H and O–H groups in total. The predicted octanol–water partition coefficient (Wildman–Crippen LogP) is 2.96.